The van der Waals surface area contributed by atoms with Crippen molar-refractivity contribution >= 4 is 17.6 Å². The molecule has 9 heteroatoms. The van der Waals surface area contributed by atoms with Gasteiger partial charge in [0.25, 0.3) is 11.5 Å². The third kappa shape index (κ3) is 4.50. The predicted molar refractivity (Wildman–Crippen MR) is 88.7 cm³/mol. The maximum Gasteiger partial charge on any atom is 0.359 e. The van der Waals surface area contributed by atoms with E-state index in [4.69, 9.17) is 4.74 Å². The van der Waals surface area contributed by atoms with E-state index < -0.39 is 35.3 Å². The minimum Gasteiger partial charge on any atom is -0.448 e. The molecule has 0 fully saturated rings. The fourth-order valence-corrected chi connectivity index (χ4v) is 2.05. The summed E-state index contributed by atoms with van der Waals surface area (Å²) < 4.78 is 33.2. The Labute approximate surface area is 147 Å². The first kappa shape index (κ1) is 19.2. The van der Waals surface area contributed by atoms with Crippen LogP contribution in [-0.4, -0.2) is 27.8 Å². The van der Waals surface area contributed by atoms with Crippen molar-refractivity contribution in [1.82, 2.24) is 9.78 Å². The van der Waals surface area contributed by atoms with E-state index in [9.17, 15) is 23.2 Å². The van der Waals surface area contributed by atoms with Crippen LogP contribution in [0, 0.1) is 11.6 Å². The smallest absolute Gasteiger partial charge is 0.359 e. The molecular weight excluding hydrogens is 348 g/mol. The number of nitrogens with one attached hydrogen (secondary N) is 1. The summed E-state index contributed by atoms with van der Waals surface area (Å²) >= 11 is 0. The number of carbonyl (C=O) groups excluding carboxylic acids is 2. The SMILES string of the molecule is CCCn1nc(C(=O)OC(C)C(=O)Nc2c(F)cccc2F)ccc1=O. The molecule has 0 saturated carbocycles. The Kier molecular flexibility index (Phi) is 6.16. The van der Waals surface area contributed by atoms with Gasteiger partial charge in [0.2, 0.25) is 0 Å². The zero-order valence-electron chi connectivity index (χ0n) is 14.2. The summed E-state index contributed by atoms with van der Waals surface area (Å²) in [5.41, 5.74) is -1.16. The largest absolute Gasteiger partial charge is 0.448 e. The molecule has 1 atom stereocenters. The van der Waals surface area contributed by atoms with Gasteiger partial charge in [-0.05, 0) is 31.5 Å². The Morgan fingerprint density at radius 1 is 1.23 bits per heavy atom. The van der Waals surface area contributed by atoms with E-state index in [1.165, 1.54) is 19.1 Å². The molecule has 0 spiro atoms. The van der Waals surface area contributed by atoms with E-state index in [1.807, 2.05) is 12.2 Å². The van der Waals surface area contributed by atoms with Gasteiger partial charge in [0, 0.05) is 12.6 Å². The second-order valence-electron chi connectivity index (χ2n) is 5.41. The molecule has 0 aliphatic heterocycles. The van der Waals surface area contributed by atoms with Gasteiger partial charge in [-0.2, -0.15) is 5.10 Å². The third-order valence-corrected chi connectivity index (χ3v) is 3.38. The van der Waals surface area contributed by atoms with Crippen LogP contribution in [0.25, 0.3) is 0 Å². The Bertz CT molecular complexity index is 862. The molecule has 26 heavy (non-hydrogen) atoms. The first-order chi connectivity index (χ1) is 12.3. The Hall–Kier alpha value is -3.10. The first-order valence-electron chi connectivity index (χ1n) is 7.87. The number of para-hydroxylation sites is 1. The molecule has 2 rings (SSSR count). The second-order valence-corrected chi connectivity index (χ2v) is 5.41. The molecule has 0 aliphatic carbocycles. The highest BCUT2D eigenvalue weighted by Gasteiger charge is 2.22. The molecule has 1 N–H and O–H groups in total. The average Bonchev–Trinajstić information content (AvgIpc) is 2.60. The summed E-state index contributed by atoms with van der Waals surface area (Å²) in [5.74, 6) is -3.76. The van der Waals surface area contributed by atoms with Crippen molar-refractivity contribution in [2.45, 2.75) is 32.9 Å². The van der Waals surface area contributed by atoms with Crippen LogP contribution in [0.2, 0.25) is 0 Å². The molecule has 0 bridgehead atoms. The fraction of sp³-hybridized carbons (Fsp3) is 0.294. The number of benzene rings is 1. The van der Waals surface area contributed by atoms with Crippen molar-refractivity contribution in [1.29, 1.82) is 0 Å². The number of anilines is 1. The number of hydrogen-bond donors (Lipinski definition) is 1. The lowest BCUT2D eigenvalue weighted by Gasteiger charge is -2.14. The van der Waals surface area contributed by atoms with E-state index >= 15 is 0 Å². The molecule has 7 nitrogen and oxygen atoms in total. The lowest BCUT2D eigenvalue weighted by molar-refractivity contribution is -0.123. The van der Waals surface area contributed by atoms with Crippen LogP contribution in [0.4, 0.5) is 14.5 Å². The lowest BCUT2D eigenvalue weighted by Crippen LogP contribution is -2.32. The number of aryl methyl sites for hydroxylation is 1. The number of aromatic nitrogens is 2. The summed E-state index contributed by atoms with van der Waals surface area (Å²) in [4.78, 5) is 35.7. The highest BCUT2D eigenvalue weighted by Crippen LogP contribution is 2.18. The maximum atomic E-state index is 13.6. The normalized spacial score (nSPS) is 11.7. The molecule has 138 valence electrons. The van der Waals surface area contributed by atoms with Gasteiger partial charge in [0.1, 0.15) is 17.3 Å². The number of amides is 1. The third-order valence-electron chi connectivity index (χ3n) is 3.38. The van der Waals surface area contributed by atoms with E-state index in [0.29, 0.717) is 13.0 Å². The van der Waals surface area contributed by atoms with Gasteiger partial charge in [-0.1, -0.05) is 13.0 Å². The number of rotatable bonds is 6. The van der Waals surface area contributed by atoms with E-state index in [1.54, 1.807) is 0 Å². The monoisotopic (exact) mass is 365 g/mol. The van der Waals surface area contributed by atoms with Crippen molar-refractivity contribution < 1.29 is 23.1 Å². The first-order valence-corrected chi connectivity index (χ1v) is 7.87. The second kappa shape index (κ2) is 8.32. The van der Waals surface area contributed by atoms with Crippen molar-refractivity contribution in [2.24, 2.45) is 0 Å². The van der Waals surface area contributed by atoms with E-state index in [-0.39, 0.29) is 11.3 Å². The van der Waals surface area contributed by atoms with Gasteiger partial charge < -0.3 is 10.1 Å². The molecule has 0 radical (unpaired) electrons. The van der Waals surface area contributed by atoms with Gasteiger partial charge in [-0.25, -0.2) is 18.3 Å². The predicted octanol–water partition coefficient (Wildman–Crippen LogP) is 2.12. The van der Waals surface area contributed by atoms with Crippen molar-refractivity contribution in [2.75, 3.05) is 5.32 Å². The van der Waals surface area contributed by atoms with Gasteiger partial charge in [-0.3, -0.25) is 9.59 Å². The number of halogens is 2. The zero-order valence-corrected chi connectivity index (χ0v) is 14.2. The summed E-state index contributed by atoms with van der Waals surface area (Å²) in [6, 6.07) is 5.46. The van der Waals surface area contributed by atoms with Crippen LogP contribution in [0.5, 0.6) is 0 Å². The van der Waals surface area contributed by atoms with Crippen LogP contribution >= 0.6 is 0 Å². The van der Waals surface area contributed by atoms with Gasteiger partial charge in [0.05, 0.1) is 0 Å². The molecule has 1 heterocycles. The molecule has 1 unspecified atom stereocenters. The molecule has 1 amide bonds. The maximum absolute atomic E-state index is 13.6. The molecule has 2 aromatic rings. The quantitative estimate of drug-likeness (QED) is 0.792. The van der Waals surface area contributed by atoms with Gasteiger partial charge in [0.15, 0.2) is 11.8 Å². The number of ether oxygens (including phenoxy) is 1. The van der Waals surface area contributed by atoms with Crippen LogP contribution in [0.3, 0.4) is 0 Å². The van der Waals surface area contributed by atoms with Crippen LogP contribution in [-0.2, 0) is 16.1 Å². The van der Waals surface area contributed by atoms with Crippen molar-refractivity contribution in [3.8, 4) is 0 Å². The average molecular weight is 365 g/mol. The molecule has 0 saturated heterocycles. The van der Waals surface area contributed by atoms with Crippen molar-refractivity contribution in [3.05, 3.63) is 58.0 Å². The minimum absolute atomic E-state index is 0.158. The highest BCUT2D eigenvalue weighted by molar-refractivity contribution is 5.96. The molecular formula is C17H17F2N3O4. The summed E-state index contributed by atoms with van der Waals surface area (Å²) in [6.07, 6.45) is -0.701. The number of nitrogens with zero attached hydrogens (tertiary/aromatic N) is 2. The summed E-state index contributed by atoms with van der Waals surface area (Å²) in [7, 11) is 0. The Morgan fingerprint density at radius 3 is 2.50 bits per heavy atom. The topological polar surface area (TPSA) is 90.3 Å². The number of esters is 1. The van der Waals surface area contributed by atoms with Gasteiger partial charge in [-0.15, -0.1) is 0 Å². The van der Waals surface area contributed by atoms with Crippen molar-refractivity contribution in [3.63, 3.8) is 0 Å². The number of carbonyl (C=O) groups is 2. The van der Waals surface area contributed by atoms with Crippen LogP contribution in [0.15, 0.2) is 35.1 Å². The zero-order chi connectivity index (χ0) is 19.3. The summed E-state index contributed by atoms with van der Waals surface area (Å²) in [6.45, 7) is 3.41. The molecule has 0 aliphatic rings. The Balaban J connectivity index is 2.08. The Morgan fingerprint density at radius 2 is 1.88 bits per heavy atom. The van der Waals surface area contributed by atoms with Gasteiger partial charge >= 0.3 is 5.97 Å². The van der Waals surface area contributed by atoms with E-state index in [2.05, 4.69) is 5.10 Å². The van der Waals surface area contributed by atoms with Crippen LogP contribution in [0.1, 0.15) is 30.8 Å². The minimum atomic E-state index is -1.34. The molecule has 1 aromatic heterocycles. The summed E-state index contributed by atoms with van der Waals surface area (Å²) in [5, 5.41) is 5.90. The highest BCUT2D eigenvalue weighted by atomic mass is 19.1. The van der Waals surface area contributed by atoms with E-state index in [0.717, 1.165) is 22.9 Å². The number of hydrogen-bond acceptors (Lipinski definition) is 5. The fourth-order valence-electron chi connectivity index (χ4n) is 2.05. The standard InChI is InChI=1S/C17H17F2N3O4/c1-3-9-22-14(23)8-7-13(21-22)17(25)26-10(2)16(24)20-15-11(18)5-4-6-12(15)19/h4-8,10H,3,9H2,1-2H3,(H,20,24). The lowest BCUT2D eigenvalue weighted by atomic mass is 10.2. The molecule has 1 aromatic carbocycles. The van der Waals surface area contributed by atoms with Crippen LogP contribution < -0.4 is 10.9 Å².